The van der Waals surface area contributed by atoms with Gasteiger partial charge in [-0.15, -0.1) is 0 Å². The summed E-state index contributed by atoms with van der Waals surface area (Å²) in [5, 5.41) is 21.1. The fraction of sp³-hybridized carbons (Fsp3) is 0.571. The minimum absolute atomic E-state index is 0.0692. The van der Waals surface area contributed by atoms with E-state index in [9.17, 15) is 4.79 Å². The Kier molecular flexibility index (Phi) is 7.07. The van der Waals surface area contributed by atoms with Crippen LogP contribution in [-0.4, -0.2) is 34.3 Å². The van der Waals surface area contributed by atoms with Gasteiger partial charge in [-0.1, -0.05) is 19.4 Å². The Balaban J connectivity index is 2.43. The number of carboxylic acids is 1. The van der Waals surface area contributed by atoms with E-state index >= 15 is 0 Å². The molecule has 0 fully saturated rings. The van der Waals surface area contributed by atoms with E-state index in [1.807, 2.05) is 0 Å². The van der Waals surface area contributed by atoms with E-state index in [-0.39, 0.29) is 12.3 Å². The second kappa shape index (κ2) is 8.61. The van der Waals surface area contributed by atoms with Crippen molar-refractivity contribution in [2.24, 2.45) is 5.92 Å². The van der Waals surface area contributed by atoms with Gasteiger partial charge in [0, 0.05) is 13.2 Å². The molecule has 0 aliphatic heterocycles. The summed E-state index contributed by atoms with van der Waals surface area (Å²) in [6.07, 6.45) is 2.97. The molecule has 106 valence electrons. The van der Waals surface area contributed by atoms with Crippen LogP contribution in [0, 0.1) is 5.92 Å². The molecule has 0 spiro atoms. The standard InChI is InChI=1S/C14H22N2O3/c1-2-4-11(7-8-17)9-15-10-12-5-3-6-13(16-12)14(18)19/h3,5-6,11,15,17H,2,4,7-10H2,1H3,(H,18,19). The first kappa shape index (κ1) is 15.6. The first-order valence-electron chi connectivity index (χ1n) is 6.68. The molecule has 1 unspecified atom stereocenters. The van der Waals surface area contributed by atoms with Gasteiger partial charge in [0.1, 0.15) is 5.69 Å². The number of aliphatic hydroxyl groups is 1. The Labute approximate surface area is 113 Å². The van der Waals surface area contributed by atoms with Gasteiger partial charge in [0.2, 0.25) is 0 Å². The molecule has 0 aromatic carbocycles. The summed E-state index contributed by atoms with van der Waals surface area (Å²) < 4.78 is 0. The molecule has 5 nitrogen and oxygen atoms in total. The van der Waals surface area contributed by atoms with Gasteiger partial charge < -0.3 is 15.5 Å². The number of carboxylic acid groups (broad SMARTS) is 1. The molecule has 1 heterocycles. The summed E-state index contributed by atoms with van der Waals surface area (Å²) in [6.45, 7) is 3.70. The maximum absolute atomic E-state index is 10.8. The summed E-state index contributed by atoms with van der Waals surface area (Å²) >= 11 is 0. The Hall–Kier alpha value is -1.46. The number of carbonyl (C=O) groups is 1. The Morgan fingerprint density at radius 2 is 2.21 bits per heavy atom. The molecule has 1 aromatic rings. The predicted octanol–water partition coefficient (Wildman–Crippen LogP) is 1.67. The molecule has 0 saturated heterocycles. The lowest BCUT2D eigenvalue weighted by molar-refractivity contribution is 0.0690. The minimum atomic E-state index is -1.01. The molecular formula is C14H22N2O3. The molecule has 1 rings (SSSR count). The largest absolute Gasteiger partial charge is 0.477 e. The molecule has 0 bridgehead atoms. The van der Waals surface area contributed by atoms with Crippen LogP contribution >= 0.6 is 0 Å². The number of aromatic nitrogens is 1. The second-order valence-electron chi connectivity index (χ2n) is 4.62. The molecule has 0 aliphatic carbocycles. The third kappa shape index (κ3) is 5.81. The first-order valence-corrected chi connectivity index (χ1v) is 6.68. The van der Waals surface area contributed by atoms with Crippen molar-refractivity contribution in [3.05, 3.63) is 29.6 Å². The van der Waals surface area contributed by atoms with Crippen molar-refractivity contribution >= 4 is 5.97 Å². The summed E-state index contributed by atoms with van der Waals surface area (Å²) in [6, 6.07) is 4.99. The summed E-state index contributed by atoms with van der Waals surface area (Å²) in [5.41, 5.74) is 0.791. The predicted molar refractivity (Wildman–Crippen MR) is 73.0 cm³/mol. The molecule has 1 aromatic heterocycles. The van der Waals surface area contributed by atoms with Crippen molar-refractivity contribution in [2.75, 3.05) is 13.2 Å². The molecule has 0 saturated carbocycles. The summed E-state index contributed by atoms with van der Waals surface area (Å²) in [4.78, 5) is 14.8. The van der Waals surface area contributed by atoms with Gasteiger partial charge in [0.25, 0.3) is 0 Å². The van der Waals surface area contributed by atoms with Crippen LogP contribution < -0.4 is 5.32 Å². The topological polar surface area (TPSA) is 82.5 Å². The highest BCUT2D eigenvalue weighted by atomic mass is 16.4. The third-order valence-electron chi connectivity index (χ3n) is 3.00. The zero-order valence-electron chi connectivity index (χ0n) is 11.3. The van der Waals surface area contributed by atoms with Crippen LogP contribution in [0.15, 0.2) is 18.2 Å². The van der Waals surface area contributed by atoms with Crippen LogP contribution in [0.5, 0.6) is 0 Å². The van der Waals surface area contributed by atoms with Gasteiger partial charge in [-0.05, 0) is 37.4 Å². The van der Waals surface area contributed by atoms with E-state index in [0.29, 0.717) is 12.5 Å². The van der Waals surface area contributed by atoms with Crippen LogP contribution in [0.3, 0.4) is 0 Å². The van der Waals surface area contributed by atoms with Gasteiger partial charge in [-0.2, -0.15) is 0 Å². The van der Waals surface area contributed by atoms with Crippen LogP contribution in [0.25, 0.3) is 0 Å². The minimum Gasteiger partial charge on any atom is -0.477 e. The van der Waals surface area contributed by atoms with Crippen molar-refractivity contribution < 1.29 is 15.0 Å². The molecule has 0 amide bonds. The Morgan fingerprint density at radius 3 is 2.84 bits per heavy atom. The van der Waals surface area contributed by atoms with Gasteiger partial charge >= 0.3 is 5.97 Å². The highest BCUT2D eigenvalue weighted by Gasteiger charge is 2.08. The number of hydrogen-bond donors (Lipinski definition) is 3. The lowest BCUT2D eigenvalue weighted by atomic mass is 10.0. The van der Waals surface area contributed by atoms with Crippen molar-refractivity contribution in [1.29, 1.82) is 0 Å². The third-order valence-corrected chi connectivity index (χ3v) is 3.00. The van der Waals surface area contributed by atoms with Gasteiger partial charge in [-0.25, -0.2) is 9.78 Å². The van der Waals surface area contributed by atoms with Crippen molar-refractivity contribution in [2.45, 2.75) is 32.7 Å². The fourth-order valence-electron chi connectivity index (χ4n) is 2.04. The smallest absolute Gasteiger partial charge is 0.354 e. The van der Waals surface area contributed by atoms with E-state index < -0.39 is 5.97 Å². The fourth-order valence-corrected chi connectivity index (χ4v) is 2.04. The molecule has 0 radical (unpaired) electrons. The maximum atomic E-state index is 10.8. The average Bonchev–Trinajstić information content (AvgIpc) is 2.39. The van der Waals surface area contributed by atoms with E-state index in [1.54, 1.807) is 12.1 Å². The number of nitrogens with one attached hydrogen (secondary N) is 1. The van der Waals surface area contributed by atoms with E-state index in [4.69, 9.17) is 10.2 Å². The lowest BCUT2D eigenvalue weighted by Crippen LogP contribution is -2.24. The highest BCUT2D eigenvalue weighted by Crippen LogP contribution is 2.09. The number of hydrogen-bond acceptors (Lipinski definition) is 4. The summed E-state index contributed by atoms with van der Waals surface area (Å²) in [5.74, 6) is -0.552. The highest BCUT2D eigenvalue weighted by molar-refractivity contribution is 5.85. The van der Waals surface area contributed by atoms with Crippen LogP contribution in [0.1, 0.15) is 42.4 Å². The number of pyridine rings is 1. The number of nitrogens with zero attached hydrogens (tertiary/aromatic N) is 1. The number of rotatable bonds is 9. The maximum Gasteiger partial charge on any atom is 0.354 e. The molecule has 0 aliphatic rings. The van der Waals surface area contributed by atoms with Gasteiger partial charge in [0.15, 0.2) is 0 Å². The summed E-state index contributed by atoms with van der Waals surface area (Å²) in [7, 11) is 0. The van der Waals surface area contributed by atoms with Crippen molar-refractivity contribution in [1.82, 2.24) is 10.3 Å². The van der Waals surface area contributed by atoms with E-state index in [1.165, 1.54) is 6.07 Å². The van der Waals surface area contributed by atoms with Gasteiger partial charge in [0.05, 0.1) is 5.69 Å². The van der Waals surface area contributed by atoms with Crippen LogP contribution in [-0.2, 0) is 6.54 Å². The van der Waals surface area contributed by atoms with Gasteiger partial charge in [-0.3, -0.25) is 0 Å². The van der Waals surface area contributed by atoms with Crippen LogP contribution in [0.4, 0.5) is 0 Å². The zero-order valence-corrected chi connectivity index (χ0v) is 11.3. The molecular weight excluding hydrogens is 244 g/mol. The molecule has 1 atom stereocenters. The second-order valence-corrected chi connectivity index (χ2v) is 4.62. The first-order chi connectivity index (χ1) is 9.17. The van der Waals surface area contributed by atoms with Crippen molar-refractivity contribution in [3.8, 4) is 0 Å². The number of aromatic carboxylic acids is 1. The zero-order chi connectivity index (χ0) is 14.1. The molecule has 19 heavy (non-hydrogen) atoms. The Bertz CT molecular complexity index is 390. The quantitative estimate of drug-likeness (QED) is 0.633. The van der Waals surface area contributed by atoms with Crippen LogP contribution in [0.2, 0.25) is 0 Å². The SMILES string of the molecule is CCCC(CCO)CNCc1cccc(C(=O)O)n1. The number of aliphatic hydroxyl groups excluding tert-OH is 1. The molecule has 3 N–H and O–H groups in total. The lowest BCUT2D eigenvalue weighted by Gasteiger charge is -2.15. The van der Waals surface area contributed by atoms with Crippen molar-refractivity contribution in [3.63, 3.8) is 0 Å². The average molecular weight is 266 g/mol. The Morgan fingerprint density at radius 1 is 1.42 bits per heavy atom. The molecule has 5 heteroatoms. The van der Waals surface area contributed by atoms with E-state index in [2.05, 4.69) is 17.2 Å². The monoisotopic (exact) mass is 266 g/mol. The normalized spacial score (nSPS) is 12.3. The van der Waals surface area contributed by atoms with E-state index in [0.717, 1.165) is 31.5 Å².